The molecule has 0 amide bonds. The third-order valence-electron chi connectivity index (χ3n) is 5.65. The Bertz CT molecular complexity index is 1200. The summed E-state index contributed by atoms with van der Waals surface area (Å²) in [7, 11) is 1.60. The summed E-state index contributed by atoms with van der Waals surface area (Å²) in [6.45, 7) is 6.63. The first-order valence-corrected chi connectivity index (χ1v) is 11.5. The number of ether oxygens (including phenoxy) is 3. The molecule has 3 aromatic rings. The predicted octanol–water partition coefficient (Wildman–Crippen LogP) is 4.81. The molecule has 0 aliphatic carbocycles. The van der Waals surface area contributed by atoms with Crippen LogP contribution in [0.1, 0.15) is 49.4 Å². The first-order valence-electron chi connectivity index (χ1n) is 11.5. The molecule has 1 atom stereocenters. The minimum Gasteiger partial charge on any atom is -0.493 e. The maximum absolute atomic E-state index is 13.1. The standard InChI is InChI=1S/C26H30N4O4/c1-5-8-20-23(25(31)33-6-2)24(30-26(29-20)27-16-28-30)19-11-12-21(22(14-19)32-4)34-15-18-10-7-9-17(3)13-18/h7,9-14,16,24H,5-6,8,15H2,1-4H3,(H,27,28,29)/t24-/m1/s1. The van der Waals surface area contributed by atoms with Gasteiger partial charge in [-0.1, -0.05) is 49.2 Å². The van der Waals surface area contributed by atoms with Crippen LogP contribution < -0.4 is 14.8 Å². The molecule has 2 heterocycles. The van der Waals surface area contributed by atoms with Gasteiger partial charge in [-0.05, 0) is 43.5 Å². The first-order chi connectivity index (χ1) is 16.5. The van der Waals surface area contributed by atoms with Crippen LogP contribution in [0, 0.1) is 6.92 Å². The molecular weight excluding hydrogens is 432 g/mol. The number of nitrogens with one attached hydrogen (secondary N) is 1. The van der Waals surface area contributed by atoms with E-state index in [-0.39, 0.29) is 12.6 Å². The summed E-state index contributed by atoms with van der Waals surface area (Å²) in [5, 5.41) is 7.66. The Labute approximate surface area is 199 Å². The second kappa shape index (κ2) is 10.4. The average Bonchev–Trinajstić information content (AvgIpc) is 3.30. The number of hydrogen-bond donors (Lipinski definition) is 1. The fourth-order valence-electron chi connectivity index (χ4n) is 4.15. The van der Waals surface area contributed by atoms with Crippen molar-refractivity contribution in [2.24, 2.45) is 0 Å². The maximum Gasteiger partial charge on any atom is 0.338 e. The molecule has 34 heavy (non-hydrogen) atoms. The Morgan fingerprint density at radius 1 is 1.15 bits per heavy atom. The summed E-state index contributed by atoms with van der Waals surface area (Å²) in [5.74, 6) is 1.41. The molecule has 2 aromatic carbocycles. The Kier molecular flexibility index (Phi) is 7.15. The predicted molar refractivity (Wildman–Crippen MR) is 129 cm³/mol. The van der Waals surface area contributed by atoms with E-state index in [4.69, 9.17) is 14.2 Å². The summed E-state index contributed by atoms with van der Waals surface area (Å²) >= 11 is 0. The molecule has 1 aliphatic rings. The molecule has 8 heteroatoms. The lowest BCUT2D eigenvalue weighted by molar-refractivity contribution is -0.139. The normalized spacial score (nSPS) is 14.9. The van der Waals surface area contributed by atoms with Gasteiger partial charge in [0.2, 0.25) is 5.95 Å². The lowest BCUT2D eigenvalue weighted by Gasteiger charge is -2.29. The minimum absolute atomic E-state index is 0.285. The summed E-state index contributed by atoms with van der Waals surface area (Å²) < 4.78 is 18.8. The van der Waals surface area contributed by atoms with E-state index >= 15 is 0 Å². The largest absolute Gasteiger partial charge is 0.493 e. The van der Waals surface area contributed by atoms with Gasteiger partial charge in [-0.25, -0.2) is 9.48 Å². The molecule has 1 aliphatic heterocycles. The topological polar surface area (TPSA) is 87.5 Å². The Balaban J connectivity index is 1.71. The molecule has 0 spiro atoms. The van der Waals surface area contributed by atoms with Gasteiger partial charge in [-0.2, -0.15) is 10.1 Å². The van der Waals surface area contributed by atoms with Crippen molar-refractivity contribution in [3.8, 4) is 11.5 Å². The summed E-state index contributed by atoms with van der Waals surface area (Å²) in [5.41, 5.74) is 4.40. The van der Waals surface area contributed by atoms with E-state index in [1.165, 1.54) is 11.9 Å². The molecule has 0 saturated carbocycles. The number of methoxy groups -OCH3 is 1. The second-order valence-corrected chi connectivity index (χ2v) is 8.11. The lowest BCUT2D eigenvalue weighted by Crippen LogP contribution is -2.30. The summed E-state index contributed by atoms with van der Waals surface area (Å²) in [6.07, 6.45) is 3.02. The summed E-state index contributed by atoms with van der Waals surface area (Å²) in [6, 6.07) is 13.4. The van der Waals surface area contributed by atoms with E-state index < -0.39 is 6.04 Å². The van der Waals surface area contributed by atoms with E-state index in [0.717, 1.165) is 23.2 Å². The van der Waals surface area contributed by atoms with E-state index in [0.29, 0.717) is 36.0 Å². The van der Waals surface area contributed by atoms with Crippen molar-refractivity contribution in [2.75, 3.05) is 19.0 Å². The minimum atomic E-state index is -0.501. The quantitative estimate of drug-likeness (QED) is 0.457. The number of anilines is 1. The Morgan fingerprint density at radius 3 is 2.74 bits per heavy atom. The highest BCUT2D eigenvalue weighted by molar-refractivity contribution is 5.92. The molecule has 4 rings (SSSR count). The number of hydrogen-bond acceptors (Lipinski definition) is 7. The van der Waals surface area contributed by atoms with Gasteiger partial charge >= 0.3 is 5.97 Å². The van der Waals surface area contributed by atoms with Gasteiger partial charge in [0.05, 0.1) is 19.3 Å². The van der Waals surface area contributed by atoms with Crippen LogP contribution in [-0.2, 0) is 16.1 Å². The van der Waals surface area contributed by atoms with E-state index in [2.05, 4.69) is 41.4 Å². The van der Waals surface area contributed by atoms with Gasteiger partial charge in [-0.15, -0.1) is 0 Å². The van der Waals surface area contributed by atoms with Crippen LogP contribution >= 0.6 is 0 Å². The van der Waals surface area contributed by atoms with Gasteiger partial charge in [0.15, 0.2) is 11.5 Å². The number of aryl methyl sites for hydroxylation is 1. The van der Waals surface area contributed by atoms with E-state index in [1.807, 2.05) is 30.3 Å². The zero-order valence-electron chi connectivity index (χ0n) is 20.0. The molecule has 1 aromatic heterocycles. The van der Waals surface area contributed by atoms with Crippen LogP contribution in [0.4, 0.5) is 5.95 Å². The van der Waals surface area contributed by atoms with E-state index in [9.17, 15) is 4.79 Å². The Morgan fingerprint density at radius 2 is 2.00 bits per heavy atom. The molecule has 1 N–H and O–H groups in total. The number of rotatable bonds is 9. The average molecular weight is 463 g/mol. The van der Waals surface area contributed by atoms with Crippen LogP contribution in [0.5, 0.6) is 11.5 Å². The molecule has 0 bridgehead atoms. The number of aromatic nitrogens is 3. The number of carbonyl (C=O) groups excluding carboxylic acids is 1. The first kappa shape index (κ1) is 23.4. The zero-order valence-corrected chi connectivity index (χ0v) is 20.0. The molecule has 0 unspecified atom stereocenters. The molecule has 0 radical (unpaired) electrons. The highest BCUT2D eigenvalue weighted by Crippen LogP contribution is 2.40. The van der Waals surface area contributed by atoms with Gasteiger partial charge < -0.3 is 19.5 Å². The number of esters is 1. The summed E-state index contributed by atoms with van der Waals surface area (Å²) in [4.78, 5) is 17.4. The number of fused-ring (bicyclic) bond motifs is 1. The van der Waals surface area contributed by atoms with Gasteiger partial charge in [0.1, 0.15) is 19.0 Å². The molecule has 0 fully saturated rings. The number of allylic oxidation sites excluding steroid dienone is 1. The molecule has 0 saturated heterocycles. The monoisotopic (exact) mass is 462 g/mol. The van der Waals surface area contributed by atoms with Crippen LogP contribution in [0.3, 0.4) is 0 Å². The van der Waals surface area contributed by atoms with Crippen molar-refractivity contribution in [3.63, 3.8) is 0 Å². The zero-order chi connectivity index (χ0) is 24.1. The SMILES string of the molecule is CCCC1=C(C(=O)OCC)[C@@H](c2ccc(OCc3cccc(C)c3)c(OC)c2)n2ncnc2N1. The van der Waals surface area contributed by atoms with Gasteiger partial charge in [0.25, 0.3) is 0 Å². The number of carbonyl (C=O) groups is 1. The fraction of sp³-hybridized carbons (Fsp3) is 0.346. The van der Waals surface area contributed by atoms with Crippen molar-refractivity contribution in [1.82, 2.24) is 14.8 Å². The Hall–Kier alpha value is -3.81. The molecular formula is C26H30N4O4. The maximum atomic E-state index is 13.1. The fourth-order valence-corrected chi connectivity index (χ4v) is 4.15. The van der Waals surface area contributed by atoms with Crippen molar-refractivity contribution >= 4 is 11.9 Å². The van der Waals surface area contributed by atoms with E-state index in [1.54, 1.807) is 18.7 Å². The number of benzene rings is 2. The van der Waals surface area contributed by atoms with Crippen molar-refractivity contribution in [1.29, 1.82) is 0 Å². The molecule has 8 nitrogen and oxygen atoms in total. The van der Waals surface area contributed by atoms with Crippen molar-refractivity contribution in [2.45, 2.75) is 46.3 Å². The third-order valence-corrected chi connectivity index (χ3v) is 5.65. The van der Waals surface area contributed by atoms with Crippen LogP contribution in [-0.4, -0.2) is 34.5 Å². The van der Waals surface area contributed by atoms with Crippen molar-refractivity contribution in [3.05, 3.63) is 76.8 Å². The second-order valence-electron chi connectivity index (χ2n) is 8.11. The van der Waals surface area contributed by atoms with Crippen LogP contribution in [0.25, 0.3) is 0 Å². The smallest absolute Gasteiger partial charge is 0.338 e. The number of nitrogens with zero attached hydrogens (tertiary/aromatic N) is 3. The highest BCUT2D eigenvalue weighted by atomic mass is 16.5. The van der Waals surface area contributed by atoms with Gasteiger partial charge in [0, 0.05) is 5.70 Å². The van der Waals surface area contributed by atoms with Crippen molar-refractivity contribution < 1.29 is 19.0 Å². The highest BCUT2D eigenvalue weighted by Gasteiger charge is 2.35. The van der Waals surface area contributed by atoms with Crippen LogP contribution in [0.15, 0.2) is 60.1 Å². The molecule has 178 valence electrons. The van der Waals surface area contributed by atoms with Gasteiger partial charge in [-0.3, -0.25) is 0 Å². The van der Waals surface area contributed by atoms with Crippen LogP contribution in [0.2, 0.25) is 0 Å². The lowest BCUT2D eigenvalue weighted by atomic mass is 9.93. The third kappa shape index (κ3) is 4.76.